The Balaban J connectivity index is 5.06. The second kappa shape index (κ2) is 12.3. The van der Waals surface area contributed by atoms with Gasteiger partial charge in [0.25, 0.3) is 0 Å². The van der Waals surface area contributed by atoms with Crippen molar-refractivity contribution in [2.45, 2.75) is 66.5 Å². The predicted octanol–water partition coefficient (Wildman–Crippen LogP) is 1.37. The summed E-state index contributed by atoms with van der Waals surface area (Å²) in [5, 5.41) is 0. The van der Waals surface area contributed by atoms with Crippen molar-refractivity contribution < 1.29 is 28.7 Å². The SMILES string of the molecule is CCC(COC(C)=O)N(CCN(C(C)=O)C(CC)COC(C)=O)C(C)=O. The van der Waals surface area contributed by atoms with Crippen molar-refractivity contribution in [2.24, 2.45) is 0 Å². The number of carbonyl (C=O) groups excluding carboxylic acids is 4. The first-order chi connectivity index (χ1) is 12.1. The van der Waals surface area contributed by atoms with E-state index in [-0.39, 0.29) is 37.1 Å². The van der Waals surface area contributed by atoms with Crippen LogP contribution in [-0.4, -0.2) is 71.9 Å². The maximum absolute atomic E-state index is 12.0. The highest BCUT2D eigenvalue weighted by Crippen LogP contribution is 2.10. The quantitative estimate of drug-likeness (QED) is 0.509. The number of rotatable bonds is 11. The second-order valence-electron chi connectivity index (χ2n) is 6.15. The molecule has 2 atom stereocenters. The van der Waals surface area contributed by atoms with Gasteiger partial charge < -0.3 is 19.3 Å². The largest absolute Gasteiger partial charge is 0.464 e. The first-order valence-corrected chi connectivity index (χ1v) is 8.95. The molecular formula is C18H32N2O6. The average molecular weight is 372 g/mol. The first kappa shape index (κ1) is 23.9. The lowest BCUT2D eigenvalue weighted by Gasteiger charge is -2.35. The molecule has 0 rings (SSSR count). The van der Waals surface area contributed by atoms with E-state index in [1.165, 1.54) is 27.7 Å². The molecule has 0 aliphatic carbocycles. The molecule has 0 heterocycles. The van der Waals surface area contributed by atoms with Gasteiger partial charge in [0.15, 0.2) is 0 Å². The fraction of sp³-hybridized carbons (Fsp3) is 0.778. The Morgan fingerprint density at radius 3 is 1.19 bits per heavy atom. The average Bonchev–Trinajstić information content (AvgIpc) is 2.54. The summed E-state index contributed by atoms with van der Waals surface area (Å²) in [6.07, 6.45) is 1.25. The summed E-state index contributed by atoms with van der Waals surface area (Å²) in [6.45, 7) is 10.2. The molecule has 0 bridgehead atoms. The van der Waals surface area contributed by atoms with Crippen LogP contribution in [0.2, 0.25) is 0 Å². The molecule has 0 saturated heterocycles. The van der Waals surface area contributed by atoms with Crippen LogP contribution in [0.15, 0.2) is 0 Å². The number of amides is 2. The Labute approximate surface area is 155 Å². The van der Waals surface area contributed by atoms with Crippen LogP contribution in [0.3, 0.4) is 0 Å². The fourth-order valence-corrected chi connectivity index (χ4v) is 2.69. The summed E-state index contributed by atoms with van der Waals surface area (Å²) >= 11 is 0. The Kier molecular flexibility index (Phi) is 11.3. The molecule has 8 nitrogen and oxygen atoms in total. The number of ether oxygens (including phenoxy) is 2. The Morgan fingerprint density at radius 1 is 0.692 bits per heavy atom. The van der Waals surface area contributed by atoms with Gasteiger partial charge in [-0.3, -0.25) is 19.2 Å². The van der Waals surface area contributed by atoms with Crippen molar-refractivity contribution in [1.29, 1.82) is 0 Å². The van der Waals surface area contributed by atoms with Gasteiger partial charge in [-0.15, -0.1) is 0 Å². The third kappa shape index (κ3) is 8.82. The Bertz CT molecular complexity index is 450. The van der Waals surface area contributed by atoms with E-state index >= 15 is 0 Å². The molecule has 0 aliphatic heterocycles. The Morgan fingerprint density at radius 2 is 1.00 bits per heavy atom. The highest BCUT2D eigenvalue weighted by Gasteiger charge is 2.25. The molecule has 0 aromatic heterocycles. The molecule has 8 heteroatoms. The van der Waals surface area contributed by atoms with Crippen LogP contribution in [0.25, 0.3) is 0 Å². The molecule has 0 aliphatic rings. The van der Waals surface area contributed by atoms with Crippen LogP contribution < -0.4 is 0 Å². The van der Waals surface area contributed by atoms with Crippen LogP contribution in [0.1, 0.15) is 54.4 Å². The number of esters is 2. The van der Waals surface area contributed by atoms with Crippen molar-refractivity contribution >= 4 is 23.8 Å². The van der Waals surface area contributed by atoms with E-state index < -0.39 is 11.9 Å². The summed E-state index contributed by atoms with van der Waals surface area (Å²) in [5.41, 5.74) is 0. The number of hydrogen-bond donors (Lipinski definition) is 0. The van der Waals surface area contributed by atoms with Gasteiger partial charge in [-0.2, -0.15) is 0 Å². The Hall–Kier alpha value is -2.12. The minimum absolute atomic E-state index is 0.121. The smallest absolute Gasteiger partial charge is 0.302 e. The minimum atomic E-state index is -0.398. The van der Waals surface area contributed by atoms with E-state index in [9.17, 15) is 19.2 Å². The summed E-state index contributed by atoms with van der Waals surface area (Å²) < 4.78 is 10.1. The monoisotopic (exact) mass is 372 g/mol. The molecule has 2 amide bonds. The molecule has 150 valence electrons. The predicted molar refractivity (Wildman–Crippen MR) is 96.2 cm³/mol. The van der Waals surface area contributed by atoms with Crippen molar-refractivity contribution in [3.63, 3.8) is 0 Å². The molecule has 0 radical (unpaired) electrons. The van der Waals surface area contributed by atoms with E-state index in [1.54, 1.807) is 9.80 Å². The maximum atomic E-state index is 12.0. The summed E-state index contributed by atoms with van der Waals surface area (Å²) in [6, 6.07) is -0.502. The fourth-order valence-electron chi connectivity index (χ4n) is 2.69. The van der Waals surface area contributed by atoms with Gasteiger partial charge >= 0.3 is 11.9 Å². The summed E-state index contributed by atoms with van der Waals surface area (Å²) in [7, 11) is 0. The van der Waals surface area contributed by atoms with E-state index in [1.807, 2.05) is 13.8 Å². The molecule has 26 heavy (non-hydrogen) atoms. The van der Waals surface area contributed by atoms with E-state index in [0.29, 0.717) is 25.9 Å². The zero-order chi connectivity index (χ0) is 20.3. The van der Waals surface area contributed by atoms with Crippen LogP contribution in [0, 0.1) is 0 Å². The number of carbonyl (C=O) groups is 4. The lowest BCUT2D eigenvalue weighted by atomic mass is 10.1. The molecule has 0 N–H and O–H groups in total. The van der Waals surface area contributed by atoms with Crippen molar-refractivity contribution in [2.75, 3.05) is 26.3 Å². The number of hydrogen-bond acceptors (Lipinski definition) is 6. The van der Waals surface area contributed by atoms with Crippen molar-refractivity contribution in [1.82, 2.24) is 9.80 Å². The van der Waals surface area contributed by atoms with Crippen LogP contribution >= 0.6 is 0 Å². The van der Waals surface area contributed by atoms with Gasteiger partial charge in [-0.1, -0.05) is 13.8 Å². The van der Waals surface area contributed by atoms with Gasteiger partial charge in [0.1, 0.15) is 13.2 Å². The third-order valence-electron chi connectivity index (χ3n) is 4.17. The zero-order valence-corrected chi connectivity index (χ0v) is 16.7. The molecular weight excluding hydrogens is 340 g/mol. The topological polar surface area (TPSA) is 93.2 Å². The van der Waals surface area contributed by atoms with Crippen LogP contribution in [0.5, 0.6) is 0 Å². The lowest BCUT2D eigenvalue weighted by Crippen LogP contribution is -2.49. The van der Waals surface area contributed by atoms with Gasteiger partial charge in [0.2, 0.25) is 11.8 Å². The van der Waals surface area contributed by atoms with Crippen molar-refractivity contribution in [3.05, 3.63) is 0 Å². The molecule has 0 aromatic carbocycles. The van der Waals surface area contributed by atoms with Crippen LogP contribution in [0.4, 0.5) is 0 Å². The second-order valence-corrected chi connectivity index (χ2v) is 6.15. The molecule has 0 aromatic rings. The molecule has 0 fully saturated rings. The normalized spacial score (nSPS) is 12.7. The zero-order valence-electron chi connectivity index (χ0n) is 16.7. The maximum Gasteiger partial charge on any atom is 0.302 e. The molecule has 0 spiro atoms. The standard InChI is InChI=1S/C18H32N2O6/c1-7-17(11-25-15(5)23)19(13(3)21)9-10-20(14(4)22)18(8-2)12-26-16(6)24/h17-18H,7-12H2,1-6H3. The summed E-state index contributed by atoms with van der Waals surface area (Å²) in [4.78, 5) is 49.4. The summed E-state index contributed by atoms with van der Waals surface area (Å²) in [5.74, 6) is -1.10. The molecule has 2 unspecified atom stereocenters. The third-order valence-corrected chi connectivity index (χ3v) is 4.17. The minimum Gasteiger partial charge on any atom is -0.464 e. The lowest BCUT2D eigenvalue weighted by molar-refractivity contribution is -0.148. The highest BCUT2D eigenvalue weighted by molar-refractivity contribution is 5.75. The van der Waals surface area contributed by atoms with Crippen LogP contribution in [-0.2, 0) is 28.7 Å². The van der Waals surface area contributed by atoms with E-state index in [2.05, 4.69) is 0 Å². The number of nitrogens with zero attached hydrogens (tertiary/aromatic N) is 2. The van der Waals surface area contributed by atoms with E-state index in [0.717, 1.165) is 0 Å². The van der Waals surface area contributed by atoms with Crippen molar-refractivity contribution in [3.8, 4) is 0 Å². The van der Waals surface area contributed by atoms with Gasteiger partial charge in [0.05, 0.1) is 12.1 Å². The van der Waals surface area contributed by atoms with E-state index in [4.69, 9.17) is 9.47 Å². The van der Waals surface area contributed by atoms with Gasteiger partial charge in [-0.05, 0) is 12.8 Å². The van der Waals surface area contributed by atoms with Gasteiger partial charge in [-0.25, -0.2) is 0 Å². The molecule has 0 saturated carbocycles. The van der Waals surface area contributed by atoms with Gasteiger partial charge in [0, 0.05) is 40.8 Å². The first-order valence-electron chi connectivity index (χ1n) is 8.95. The highest BCUT2D eigenvalue weighted by atomic mass is 16.5.